The summed E-state index contributed by atoms with van der Waals surface area (Å²) in [5.74, 6) is 0. The highest BCUT2D eigenvalue weighted by molar-refractivity contribution is 5.55. The van der Waals surface area contributed by atoms with Crippen LogP contribution in [0.25, 0.3) is 0 Å². The van der Waals surface area contributed by atoms with Gasteiger partial charge in [0.1, 0.15) is 0 Å². The molecule has 0 atom stereocenters. The quantitative estimate of drug-likeness (QED) is 0.732. The maximum absolute atomic E-state index is 4.46. The van der Waals surface area contributed by atoms with Gasteiger partial charge < -0.3 is 4.90 Å². The Bertz CT molecular complexity index is 314. The summed E-state index contributed by atoms with van der Waals surface area (Å²) in [5, 5.41) is 0. The zero-order chi connectivity index (χ0) is 10.7. The Balaban J connectivity index is 3.18. The van der Waals surface area contributed by atoms with Crippen LogP contribution >= 0.6 is 0 Å². The van der Waals surface area contributed by atoms with Crippen LogP contribution in [0.3, 0.4) is 0 Å². The number of rotatable bonds is 3. The lowest BCUT2D eigenvalue weighted by atomic mass is 10.1. The molecule has 1 heterocycles. The molecule has 2 heteroatoms. The fourth-order valence-corrected chi connectivity index (χ4v) is 1.76. The van der Waals surface area contributed by atoms with Crippen molar-refractivity contribution in [3.05, 3.63) is 23.0 Å². The van der Waals surface area contributed by atoms with Crippen molar-refractivity contribution in [2.45, 2.75) is 34.6 Å². The predicted molar refractivity (Wildman–Crippen MR) is 62.0 cm³/mol. The first-order valence-corrected chi connectivity index (χ1v) is 5.29. The molecular formula is C12H20N2. The summed E-state index contributed by atoms with van der Waals surface area (Å²) >= 11 is 0. The first kappa shape index (κ1) is 11.0. The number of hydrogen-bond donors (Lipinski definition) is 0. The van der Waals surface area contributed by atoms with Crippen molar-refractivity contribution in [1.29, 1.82) is 0 Å². The van der Waals surface area contributed by atoms with Crippen molar-refractivity contribution in [1.82, 2.24) is 4.98 Å². The molecule has 0 N–H and O–H groups in total. The van der Waals surface area contributed by atoms with Gasteiger partial charge in [-0.25, -0.2) is 0 Å². The zero-order valence-electron chi connectivity index (χ0n) is 9.89. The van der Waals surface area contributed by atoms with E-state index in [2.05, 4.69) is 50.6 Å². The van der Waals surface area contributed by atoms with Crippen molar-refractivity contribution in [3.63, 3.8) is 0 Å². The molecule has 1 aromatic heterocycles. The number of nitrogens with zero attached hydrogens (tertiary/aromatic N) is 2. The van der Waals surface area contributed by atoms with E-state index in [1.165, 1.54) is 11.3 Å². The van der Waals surface area contributed by atoms with E-state index in [4.69, 9.17) is 0 Å². The van der Waals surface area contributed by atoms with Gasteiger partial charge in [0.2, 0.25) is 0 Å². The van der Waals surface area contributed by atoms with Gasteiger partial charge in [-0.05, 0) is 46.2 Å². The molecule has 1 aromatic rings. The second-order valence-electron chi connectivity index (χ2n) is 3.67. The molecule has 14 heavy (non-hydrogen) atoms. The minimum atomic E-state index is 1.06. The van der Waals surface area contributed by atoms with Crippen LogP contribution in [-0.2, 0) is 0 Å². The Morgan fingerprint density at radius 1 is 1.14 bits per heavy atom. The minimum Gasteiger partial charge on any atom is -0.372 e. The van der Waals surface area contributed by atoms with Gasteiger partial charge >= 0.3 is 0 Å². The molecule has 0 bridgehead atoms. The molecule has 0 aliphatic rings. The average molecular weight is 192 g/mol. The monoisotopic (exact) mass is 192 g/mol. The third kappa shape index (κ3) is 2.06. The van der Waals surface area contributed by atoms with E-state index >= 15 is 0 Å². The van der Waals surface area contributed by atoms with Crippen molar-refractivity contribution in [2.24, 2.45) is 0 Å². The number of pyridine rings is 1. The highest BCUT2D eigenvalue weighted by atomic mass is 15.1. The van der Waals surface area contributed by atoms with Crippen LogP contribution in [0, 0.1) is 20.8 Å². The third-order valence-corrected chi connectivity index (χ3v) is 2.72. The van der Waals surface area contributed by atoms with E-state index in [-0.39, 0.29) is 0 Å². The van der Waals surface area contributed by atoms with E-state index in [1.54, 1.807) is 0 Å². The van der Waals surface area contributed by atoms with Crippen LogP contribution in [0.4, 0.5) is 5.69 Å². The summed E-state index contributed by atoms with van der Waals surface area (Å²) in [6.07, 6.45) is 0. The first-order valence-electron chi connectivity index (χ1n) is 5.29. The lowest BCUT2D eigenvalue weighted by Crippen LogP contribution is -2.23. The Hall–Kier alpha value is -1.05. The van der Waals surface area contributed by atoms with E-state index in [0.717, 1.165) is 24.5 Å². The molecule has 0 amide bonds. The smallest absolute Gasteiger partial charge is 0.0432 e. The van der Waals surface area contributed by atoms with Gasteiger partial charge in [-0.15, -0.1) is 0 Å². The van der Waals surface area contributed by atoms with Crippen LogP contribution in [0.1, 0.15) is 30.8 Å². The molecule has 0 unspecified atom stereocenters. The van der Waals surface area contributed by atoms with Crippen molar-refractivity contribution in [3.8, 4) is 0 Å². The lowest BCUT2D eigenvalue weighted by molar-refractivity contribution is 0.854. The minimum absolute atomic E-state index is 1.06. The fourth-order valence-electron chi connectivity index (χ4n) is 1.76. The molecule has 0 spiro atoms. The number of aryl methyl sites for hydroxylation is 2. The summed E-state index contributed by atoms with van der Waals surface area (Å²) in [4.78, 5) is 6.83. The second kappa shape index (κ2) is 4.45. The predicted octanol–water partition coefficient (Wildman–Crippen LogP) is 2.85. The zero-order valence-corrected chi connectivity index (χ0v) is 9.89. The number of aromatic nitrogens is 1. The van der Waals surface area contributed by atoms with Gasteiger partial charge in [-0.3, -0.25) is 4.98 Å². The Morgan fingerprint density at radius 3 is 2.21 bits per heavy atom. The van der Waals surface area contributed by atoms with Crippen LogP contribution in [0.5, 0.6) is 0 Å². The van der Waals surface area contributed by atoms with Crippen molar-refractivity contribution >= 4 is 5.69 Å². The van der Waals surface area contributed by atoms with E-state index in [1.807, 2.05) is 0 Å². The normalized spacial score (nSPS) is 10.4. The Morgan fingerprint density at radius 2 is 1.71 bits per heavy atom. The van der Waals surface area contributed by atoms with Crippen molar-refractivity contribution < 1.29 is 0 Å². The second-order valence-corrected chi connectivity index (χ2v) is 3.67. The summed E-state index contributed by atoms with van der Waals surface area (Å²) in [5.41, 5.74) is 4.89. The largest absolute Gasteiger partial charge is 0.372 e. The summed E-state index contributed by atoms with van der Waals surface area (Å²) in [7, 11) is 0. The summed E-state index contributed by atoms with van der Waals surface area (Å²) in [6.45, 7) is 12.8. The maximum Gasteiger partial charge on any atom is 0.0432 e. The Kier molecular flexibility index (Phi) is 3.50. The number of hydrogen-bond acceptors (Lipinski definition) is 2. The van der Waals surface area contributed by atoms with Crippen LogP contribution < -0.4 is 4.90 Å². The molecule has 78 valence electrons. The topological polar surface area (TPSA) is 16.1 Å². The van der Waals surface area contributed by atoms with E-state index in [9.17, 15) is 0 Å². The molecule has 0 saturated carbocycles. The molecule has 1 rings (SSSR count). The van der Waals surface area contributed by atoms with Crippen LogP contribution in [0.2, 0.25) is 0 Å². The van der Waals surface area contributed by atoms with E-state index in [0.29, 0.717) is 0 Å². The molecule has 0 aliphatic heterocycles. The van der Waals surface area contributed by atoms with Crippen LogP contribution in [-0.4, -0.2) is 18.1 Å². The molecule has 2 nitrogen and oxygen atoms in total. The summed E-state index contributed by atoms with van der Waals surface area (Å²) in [6, 6.07) is 2.18. The highest BCUT2D eigenvalue weighted by Crippen LogP contribution is 2.22. The van der Waals surface area contributed by atoms with Crippen molar-refractivity contribution in [2.75, 3.05) is 18.0 Å². The fraction of sp³-hybridized carbons (Fsp3) is 0.583. The van der Waals surface area contributed by atoms with Gasteiger partial charge in [0.15, 0.2) is 0 Å². The standard InChI is InChI=1S/C12H20N2/c1-6-14(7-2)12-8-9(3)13-11(5)10(12)4/h8H,6-7H2,1-5H3. The molecule has 0 radical (unpaired) electrons. The van der Waals surface area contributed by atoms with Gasteiger partial charge in [0, 0.05) is 30.2 Å². The van der Waals surface area contributed by atoms with Gasteiger partial charge in [-0.1, -0.05) is 0 Å². The van der Waals surface area contributed by atoms with Gasteiger partial charge in [-0.2, -0.15) is 0 Å². The van der Waals surface area contributed by atoms with Gasteiger partial charge in [0.05, 0.1) is 0 Å². The highest BCUT2D eigenvalue weighted by Gasteiger charge is 2.08. The molecular weight excluding hydrogens is 172 g/mol. The Labute approximate surface area is 87.0 Å². The third-order valence-electron chi connectivity index (χ3n) is 2.72. The number of anilines is 1. The summed E-state index contributed by atoms with van der Waals surface area (Å²) < 4.78 is 0. The molecule has 0 aromatic carbocycles. The average Bonchev–Trinajstić information content (AvgIpc) is 2.15. The maximum atomic E-state index is 4.46. The molecule has 0 saturated heterocycles. The van der Waals surface area contributed by atoms with Crippen LogP contribution in [0.15, 0.2) is 6.07 Å². The molecule has 0 aliphatic carbocycles. The molecule has 0 fully saturated rings. The lowest BCUT2D eigenvalue weighted by Gasteiger charge is -2.24. The van der Waals surface area contributed by atoms with E-state index < -0.39 is 0 Å². The van der Waals surface area contributed by atoms with Gasteiger partial charge in [0.25, 0.3) is 0 Å². The SMILES string of the molecule is CCN(CC)c1cc(C)nc(C)c1C. The first-order chi connectivity index (χ1) is 6.60.